The molecule has 1 aliphatic heterocycles. The minimum absolute atomic E-state index is 0.0396. The quantitative estimate of drug-likeness (QED) is 0.628. The third kappa shape index (κ3) is 2.55. The Morgan fingerprint density at radius 1 is 1.56 bits per heavy atom. The zero-order valence-electron chi connectivity index (χ0n) is 9.78. The second-order valence-electron chi connectivity index (χ2n) is 4.32. The molecule has 1 aliphatic rings. The van der Waals surface area contributed by atoms with Crippen LogP contribution in [0.4, 0.5) is 11.5 Å². The van der Waals surface area contributed by atoms with E-state index in [9.17, 15) is 14.9 Å². The lowest BCUT2D eigenvalue weighted by molar-refractivity contribution is -0.385. The average molecular weight is 250 g/mol. The van der Waals surface area contributed by atoms with Crippen molar-refractivity contribution in [2.24, 2.45) is 11.7 Å². The van der Waals surface area contributed by atoms with E-state index in [1.807, 2.05) is 4.90 Å². The highest BCUT2D eigenvalue weighted by Gasteiger charge is 2.24. The van der Waals surface area contributed by atoms with Crippen LogP contribution in [0.15, 0.2) is 18.3 Å². The molecule has 1 fully saturated rings. The number of hydrogen-bond acceptors (Lipinski definition) is 5. The molecule has 7 heteroatoms. The summed E-state index contributed by atoms with van der Waals surface area (Å²) in [5, 5.41) is 10.5. The molecule has 0 aromatic carbocycles. The number of amides is 1. The second kappa shape index (κ2) is 4.99. The van der Waals surface area contributed by atoms with Crippen molar-refractivity contribution in [3.63, 3.8) is 0 Å². The molecule has 18 heavy (non-hydrogen) atoms. The van der Waals surface area contributed by atoms with Crippen molar-refractivity contribution >= 4 is 17.4 Å². The van der Waals surface area contributed by atoms with E-state index in [1.165, 1.54) is 12.3 Å². The van der Waals surface area contributed by atoms with Gasteiger partial charge in [0, 0.05) is 19.2 Å². The second-order valence-corrected chi connectivity index (χ2v) is 4.32. The van der Waals surface area contributed by atoms with Gasteiger partial charge in [-0.3, -0.25) is 14.9 Å². The molecule has 7 nitrogen and oxygen atoms in total. The lowest BCUT2D eigenvalue weighted by atomic mass is 9.97. The summed E-state index contributed by atoms with van der Waals surface area (Å²) in [4.78, 5) is 27.2. The summed E-state index contributed by atoms with van der Waals surface area (Å²) in [5.74, 6) is 0.170. The van der Waals surface area contributed by atoms with Gasteiger partial charge in [-0.2, -0.15) is 0 Å². The van der Waals surface area contributed by atoms with Gasteiger partial charge in [0.1, 0.15) is 12.0 Å². The Kier molecular flexibility index (Phi) is 3.40. The first-order chi connectivity index (χ1) is 8.58. The number of nitrogens with two attached hydrogens (primary N) is 1. The molecular formula is C11H14N4O3. The molecule has 1 aromatic rings. The Labute approximate surface area is 104 Å². The van der Waals surface area contributed by atoms with Crippen LogP contribution < -0.4 is 10.6 Å². The number of nitro groups is 1. The number of nitrogens with zero attached hydrogens (tertiary/aromatic N) is 3. The van der Waals surface area contributed by atoms with E-state index in [-0.39, 0.29) is 17.5 Å². The molecule has 0 spiro atoms. The topological polar surface area (TPSA) is 102 Å². The third-order valence-corrected chi connectivity index (χ3v) is 3.09. The van der Waals surface area contributed by atoms with Gasteiger partial charge in [-0.05, 0) is 18.9 Å². The highest BCUT2D eigenvalue weighted by atomic mass is 16.6. The summed E-state index contributed by atoms with van der Waals surface area (Å²) in [6, 6.07) is 3.01. The van der Waals surface area contributed by atoms with Gasteiger partial charge in [0.25, 0.3) is 5.69 Å². The maximum Gasteiger partial charge on any atom is 0.287 e. The summed E-state index contributed by atoms with van der Waals surface area (Å²) in [7, 11) is 0. The van der Waals surface area contributed by atoms with E-state index in [1.54, 1.807) is 6.07 Å². The number of primary amides is 1. The largest absolute Gasteiger partial charge is 0.369 e. The number of carbonyl (C=O) groups is 1. The van der Waals surface area contributed by atoms with E-state index in [4.69, 9.17) is 5.73 Å². The van der Waals surface area contributed by atoms with Crippen molar-refractivity contribution < 1.29 is 9.72 Å². The van der Waals surface area contributed by atoms with E-state index >= 15 is 0 Å². The molecule has 1 saturated heterocycles. The number of hydrogen-bond donors (Lipinski definition) is 1. The number of piperidine rings is 1. The summed E-state index contributed by atoms with van der Waals surface area (Å²) in [6.45, 7) is 1.31. The van der Waals surface area contributed by atoms with Gasteiger partial charge in [-0.15, -0.1) is 0 Å². The molecule has 0 saturated carbocycles. The molecule has 1 aromatic heterocycles. The molecule has 0 radical (unpaired) electrons. The molecule has 0 aliphatic carbocycles. The van der Waals surface area contributed by atoms with Gasteiger partial charge in [-0.25, -0.2) is 4.98 Å². The first-order valence-corrected chi connectivity index (χ1v) is 5.72. The van der Waals surface area contributed by atoms with Gasteiger partial charge in [-0.1, -0.05) is 0 Å². The highest BCUT2D eigenvalue weighted by molar-refractivity contribution is 5.77. The van der Waals surface area contributed by atoms with Gasteiger partial charge < -0.3 is 10.6 Å². The van der Waals surface area contributed by atoms with E-state index in [0.717, 1.165) is 19.4 Å². The van der Waals surface area contributed by atoms with Crippen molar-refractivity contribution in [1.82, 2.24) is 4.98 Å². The SMILES string of the molecule is NC(=O)C1CCCN(c2ccc([N+](=O)[O-])cn2)C1. The molecule has 2 N–H and O–H groups in total. The van der Waals surface area contributed by atoms with Crippen LogP contribution in [0.5, 0.6) is 0 Å². The van der Waals surface area contributed by atoms with Crippen LogP contribution in [0, 0.1) is 16.0 Å². The van der Waals surface area contributed by atoms with Crippen LogP contribution >= 0.6 is 0 Å². The summed E-state index contributed by atoms with van der Waals surface area (Å²) in [6.07, 6.45) is 2.88. The Hall–Kier alpha value is -2.18. The van der Waals surface area contributed by atoms with Crippen molar-refractivity contribution in [1.29, 1.82) is 0 Å². The molecule has 2 rings (SSSR count). The predicted molar refractivity (Wildman–Crippen MR) is 65.0 cm³/mol. The van der Waals surface area contributed by atoms with Crippen LogP contribution in [0.2, 0.25) is 0 Å². The van der Waals surface area contributed by atoms with Crippen molar-refractivity contribution in [3.8, 4) is 0 Å². The van der Waals surface area contributed by atoms with Gasteiger partial charge in [0.2, 0.25) is 5.91 Å². The maximum absolute atomic E-state index is 11.2. The summed E-state index contributed by atoms with van der Waals surface area (Å²) < 4.78 is 0. The first kappa shape index (κ1) is 12.3. The van der Waals surface area contributed by atoms with Gasteiger partial charge in [0.15, 0.2) is 0 Å². The van der Waals surface area contributed by atoms with Crippen LogP contribution in [-0.4, -0.2) is 28.9 Å². The fourth-order valence-electron chi connectivity index (χ4n) is 2.09. The van der Waals surface area contributed by atoms with Gasteiger partial charge >= 0.3 is 0 Å². The summed E-state index contributed by atoms with van der Waals surface area (Å²) >= 11 is 0. The Morgan fingerprint density at radius 2 is 2.33 bits per heavy atom. The van der Waals surface area contributed by atoms with Crippen molar-refractivity contribution in [3.05, 3.63) is 28.4 Å². The summed E-state index contributed by atoms with van der Waals surface area (Å²) in [5.41, 5.74) is 5.26. The van der Waals surface area contributed by atoms with Crippen LogP contribution in [0.25, 0.3) is 0 Å². The number of carbonyl (C=O) groups excluding carboxylic acids is 1. The minimum atomic E-state index is -0.487. The molecule has 96 valence electrons. The van der Waals surface area contributed by atoms with E-state index < -0.39 is 4.92 Å². The van der Waals surface area contributed by atoms with Crippen LogP contribution in [0.3, 0.4) is 0 Å². The fourth-order valence-corrected chi connectivity index (χ4v) is 2.09. The first-order valence-electron chi connectivity index (χ1n) is 5.72. The lowest BCUT2D eigenvalue weighted by Crippen LogP contribution is -2.41. The third-order valence-electron chi connectivity index (χ3n) is 3.09. The fraction of sp³-hybridized carbons (Fsp3) is 0.455. The Balaban J connectivity index is 2.11. The van der Waals surface area contributed by atoms with Crippen LogP contribution in [0.1, 0.15) is 12.8 Å². The maximum atomic E-state index is 11.2. The number of pyridine rings is 1. The molecule has 2 heterocycles. The Bertz CT molecular complexity index is 460. The molecule has 1 atom stereocenters. The van der Waals surface area contributed by atoms with Crippen LogP contribution in [-0.2, 0) is 4.79 Å². The van der Waals surface area contributed by atoms with Crippen molar-refractivity contribution in [2.45, 2.75) is 12.8 Å². The van der Waals surface area contributed by atoms with Gasteiger partial charge in [0.05, 0.1) is 10.8 Å². The molecule has 1 unspecified atom stereocenters. The van der Waals surface area contributed by atoms with E-state index in [2.05, 4.69) is 4.98 Å². The number of aromatic nitrogens is 1. The zero-order valence-corrected chi connectivity index (χ0v) is 9.78. The highest BCUT2D eigenvalue weighted by Crippen LogP contribution is 2.22. The minimum Gasteiger partial charge on any atom is -0.369 e. The predicted octanol–water partition coefficient (Wildman–Crippen LogP) is 0.691. The van der Waals surface area contributed by atoms with Crippen molar-refractivity contribution in [2.75, 3.05) is 18.0 Å². The molecule has 1 amide bonds. The standard InChI is InChI=1S/C11H14N4O3/c12-11(16)8-2-1-5-14(7-8)10-4-3-9(6-13-10)15(17)18/h3-4,6,8H,1-2,5,7H2,(H2,12,16). The normalized spacial score (nSPS) is 19.6. The molecular weight excluding hydrogens is 236 g/mol. The van der Waals surface area contributed by atoms with E-state index in [0.29, 0.717) is 12.4 Å². The number of rotatable bonds is 3. The monoisotopic (exact) mass is 250 g/mol. The lowest BCUT2D eigenvalue weighted by Gasteiger charge is -2.31. The number of anilines is 1. The smallest absolute Gasteiger partial charge is 0.287 e. The zero-order chi connectivity index (χ0) is 13.1. The average Bonchev–Trinajstić information content (AvgIpc) is 2.39. The Morgan fingerprint density at radius 3 is 2.89 bits per heavy atom. The molecule has 0 bridgehead atoms.